The van der Waals surface area contributed by atoms with Gasteiger partial charge in [-0.15, -0.1) is 0 Å². The largest absolute Gasteiger partial charge is 0.385 e. The van der Waals surface area contributed by atoms with E-state index < -0.39 is 17.2 Å². The molecule has 1 aliphatic rings. The van der Waals surface area contributed by atoms with Gasteiger partial charge >= 0.3 is 0 Å². The van der Waals surface area contributed by atoms with Crippen molar-refractivity contribution >= 4 is 0 Å². The molecule has 124 valence electrons. The Balaban J connectivity index is 1.96. The molecular weight excluding hydrogens is 292 g/mol. The molecule has 0 aromatic heterocycles. The number of nitrogens with zero attached hydrogens (tertiary/aromatic N) is 1. The maximum Gasteiger partial charge on any atom is 0.158 e. The van der Waals surface area contributed by atoms with Crippen LogP contribution in [0.3, 0.4) is 0 Å². The van der Waals surface area contributed by atoms with Crippen molar-refractivity contribution in [3.63, 3.8) is 0 Å². The Morgan fingerprint density at radius 3 is 2.23 bits per heavy atom. The Hall–Kier alpha value is -1.08. The van der Waals surface area contributed by atoms with Crippen LogP contribution in [0, 0.1) is 11.6 Å². The van der Waals surface area contributed by atoms with Crippen molar-refractivity contribution in [1.29, 1.82) is 0 Å². The van der Waals surface area contributed by atoms with E-state index in [4.69, 9.17) is 9.47 Å². The molecule has 1 N–H and O–H groups in total. The zero-order chi connectivity index (χ0) is 16.2. The third-order valence-electron chi connectivity index (χ3n) is 4.32. The summed E-state index contributed by atoms with van der Waals surface area (Å²) in [6.45, 7) is 1.90. The highest BCUT2D eigenvalue weighted by atomic mass is 19.1. The van der Waals surface area contributed by atoms with Crippen LogP contribution in [0.25, 0.3) is 0 Å². The molecule has 0 unspecified atom stereocenters. The zero-order valence-electron chi connectivity index (χ0n) is 13.0. The quantitative estimate of drug-likeness (QED) is 0.818. The SMILES string of the molecule is COC(CCN1CCC(O)(c2c(F)cccc2F)CC1)OC. The van der Waals surface area contributed by atoms with E-state index in [1.165, 1.54) is 18.2 Å². The Morgan fingerprint density at radius 1 is 1.18 bits per heavy atom. The highest BCUT2D eigenvalue weighted by Crippen LogP contribution is 2.35. The summed E-state index contributed by atoms with van der Waals surface area (Å²) in [5.41, 5.74) is -1.64. The van der Waals surface area contributed by atoms with Gasteiger partial charge in [0.15, 0.2) is 6.29 Å². The van der Waals surface area contributed by atoms with Gasteiger partial charge in [0.1, 0.15) is 11.6 Å². The van der Waals surface area contributed by atoms with Gasteiger partial charge in [-0.25, -0.2) is 8.78 Å². The number of hydrogen-bond acceptors (Lipinski definition) is 4. The van der Waals surface area contributed by atoms with Crippen molar-refractivity contribution in [2.75, 3.05) is 33.9 Å². The fraction of sp³-hybridized carbons (Fsp3) is 0.625. The Kier molecular flexibility index (Phi) is 5.86. The molecule has 1 aromatic rings. The summed E-state index contributed by atoms with van der Waals surface area (Å²) in [5.74, 6) is -1.37. The molecule has 22 heavy (non-hydrogen) atoms. The van der Waals surface area contributed by atoms with Crippen molar-refractivity contribution in [1.82, 2.24) is 4.90 Å². The summed E-state index contributed by atoms with van der Waals surface area (Å²) in [5, 5.41) is 10.6. The average Bonchev–Trinajstić information content (AvgIpc) is 2.50. The molecule has 0 radical (unpaired) electrons. The first kappa shape index (κ1) is 17.3. The first-order chi connectivity index (χ1) is 10.5. The molecule has 4 nitrogen and oxygen atoms in total. The molecule has 1 saturated heterocycles. The normalized spacial score (nSPS) is 18.8. The number of rotatable bonds is 6. The van der Waals surface area contributed by atoms with Gasteiger partial charge in [-0.1, -0.05) is 6.07 Å². The van der Waals surface area contributed by atoms with Crippen LogP contribution in [0.5, 0.6) is 0 Å². The molecule has 1 aliphatic heterocycles. The molecule has 1 fully saturated rings. The maximum absolute atomic E-state index is 13.9. The third kappa shape index (κ3) is 3.81. The fourth-order valence-corrected chi connectivity index (χ4v) is 2.96. The molecule has 0 spiro atoms. The number of likely N-dealkylation sites (tertiary alicyclic amines) is 1. The number of aliphatic hydroxyl groups is 1. The van der Waals surface area contributed by atoms with E-state index in [-0.39, 0.29) is 11.9 Å². The summed E-state index contributed by atoms with van der Waals surface area (Å²) in [4.78, 5) is 2.14. The number of ether oxygens (including phenoxy) is 2. The van der Waals surface area contributed by atoms with Gasteiger partial charge < -0.3 is 19.5 Å². The summed E-state index contributed by atoms with van der Waals surface area (Å²) in [7, 11) is 3.17. The first-order valence-electron chi connectivity index (χ1n) is 7.45. The topological polar surface area (TPSA) is 41.9 Å². The average molecular weight is 315 g/mol. The van der Waals surface area contributed by atoms with Gasteiger partial charge in [-0.05, 0) is 25.0 Å². The molecule has 0 aliphatic carbocycles. The summed E-state index contributed by atoms with van der Waals surface area (Å²) < 4.78 is 38.0. The van der Waals surface area contributed by atoms with Gasteiger partial charge in [-0.2, -0.15) is 0 Å². The van der Waals surface area contributed by atoms with Gasteiger partial charge in [-0.3, -0.25) is 0 Å². The van der Waals surface area contributed by atoms with Crippen LogP contribution in [0.4, 0.5) is 8.78 Å². The van der Waals surface area contributed by atoms with Crippen LogP contribution in [-0.2, 0) is 15.1 Å². The Bertz CT molecular complexity index is 466. The molecule has 0 amide bonds. The number of methoxy groups -OCH3 is 2. The number of benzene rings is 1. The second-order valence-corrected chi connectivity index (χ2v) is 5.66. The van der Waals surface area contributed by atoms with Crippen LogP contribution < -0.4 is 0 Å². The monoisotopic (exact) mass is 315 g/mol. The molecular formula is C16H23F2NO3. The fourth-order valence-electron chi connectivity index (χ4n) is 2.96. The maximum atomic E-state index is 13.9. The molecule has 2 rings (SSSR count). The summed E-state index contributed by atoms with van der Waals surface area (Å²) in [6, 6.07) is 3.68. The lowest BCUT2D eigenvalue weighted by atomic mass is 9.83. The Labute approximate surface area is 129 Å². The number of piperidine rings is 1. The molecule has 0 bridgehead atoms. The molecule has 0 atom stereocenters. The van der Waals surface area contributed by atoms with Crippen LogP contribution in [0.2, 0.25) is 0 Å². The highest BCUT2D eigenvalue weighted by Gasteiger charge is 2.38. The van der Waals surface area contributed by atoms with Crippen molar-refractivity contribution in [2.45, 2.75) is 31.2 Å². The minimum atomic E-state index is -1.44. The van der Waals surface area contributed by atoms with Gasteiger partial charge in [0, 0.05) is 40.3 Å². The van der Waals surface area contributed by atoms with E-state index in [0.717, 1.165) is 6.54 Å². The molecule has 1 aromatic carbocycles. The summed E-state index contributed by atoms with van der Waals surface area (Å²) >= 11 is 0. The van der Waals surface area contributed by atoms with Crippen LogP contribution in [0.15, 0.2) is 18.2 Å². The lowest BCUT2D eigenvalue weighted by Gasteiger charge is -2.39. The first-order valence-corrected chi connectivity index (χ1v) is 7.45. The standard InChI is InChI=1S/C16H23F2NO3/c1-21-14(22-2)6-9-19-10-7-16(20,8-11-19)15-12(17)4-3-5-13(15)18/h3-5,14,20H,6-11H2,1-2H3. The Morgan fingerprint density at radius 2 is 1.73 bits per heavy atom. The summed E-state index contributed by atoms with van der Waals surface area (Å²) in [6.07, 6.45) is 1.05. The highest BCUT2D eigenvalue weighted by molar-refractivity contribution is 5.27. The van der Waals surface area contributed by atoms with Crippen molar-refractivity contribution in [2.24, 2.45) is 0 Å². The van der Waals surface area contributed by atoms with Gasteiger partial charge in [0.25, 0.3) is 0 Å². The molecule has 1 heterocycles. The molecule has 6 heteroatoms. The van der Waals surface area contributed by atoms with Gasteiger partial charge in [0.2, 0.25) is 0 Å². The van der Waals surface area contributed by atoms with Crippen molar-refractivity contribution in [3.8, 4) is 0 Å². The van der Waals surface area contributed by atoms with E-state index >= 15 is 0 Å². The van der Waals surface area contributed by atoms with Gasteiger partial charge in [0.05, 0.1) is 11.2 Å². The number of halogens is 2. The van der Waals surface area contributed by atoms with E-state index in [9.17, 15) is 13.9 Å². The minimum absolute atomic E-state index is 0.207. The van der Waals surface area contributed by atoms with Crippen molar-refractivity contribution < 1.29 is 23.4 Å². The minimum Gasteiger partial charge on any atom is -0.385 e. The third-order valence-corrected chi connectivity index (χ3v) is 4.32. The lowest BCUT2D eigenvalue weighted by molar-refractivity contribution is -0.112. The van der Waals surface area contributed by atoms with Crippen LogP contribution in [0.1, 0.15) is 24.8 Å². The van der Waals surface area contributed by atoms with Crippen LogP contribution >= 0.6 is 0 Å². The van der Waals surface area contributed by atoms with E-state index in [0.29, 0.717) is 32.4 Å². The van der Waals surface area contributed by atoms with Crippen LogP contribution in [-0.4, -0.2) is 50.2 Å². The van der Waals surface area contributed by atoms with Crippen molar-refractivity contribution in [3.05, 3.63) is 35.4 Å². The smallest absolute Gasteiger partial charge is 0.158 e. The predicted molar refractivity (Wildman–Crippen MR) is 78.4 cm³/mol. The predicted octanol–water partition coefficient (Wildman–Crippen LogP) is 2.26. The van der Waals surface area contributed by atoms with E-state index in [2.05, 4.69) is 4.90 Å². The second-order valence-electron chi connectivity index (χ2n) is 5.66. The lowest BCUT2D eigenvalue weighted by Crippen LogP contribution is -2.44. The number of hydrogen-bond donors (Lipinski definition) is 1. The van der Waals surface area contributed by atoms with E-state index in [1.54, 1.807) is 14.2 Å². The second kappa shape index (κ2) is 7.46. The zero-order valence-corrected chi connectivity index (χ0v) is 13.0. The van der Waals surface area contributed by atoms with E-state index in [1.807, 2.05) is 0 Å². The molecule has 0 saturated carbocycles.